The second kappa shape index (κ2) is 10.8. The normalized spacial score (nSPS) is 19.2. The molecule has 1 atom stereocenters. The van der Waals surface area contributed by atoms with Gasteiger partial charge in [-0.1, -0.05) is 49.1 Å². The smallest absolute Gasteiger partial charge is 0.321 e. The summed E-state index contributed by atoms with van der Waals surface area (Å²) < 4.78 is 0. The van der Waals surface area contributed by atoms with E-state index >= 15 is 0 Å². The van der Waals surface area contributed by atoms with Gasteiger partial charge in [-0.05, 0) is 31.4 Å². The topological polar surface area (TPSA) is 81.8 Å². The fourth-order valence-corrected chi connectivity index (χ4v) is 4.33. The SMILES string of the molecule is CC(C(=O)NC(=O)NC1CCCCC1)N1CCN(C(=O)Cc2ccccc2Cl)CC1. The minimum atomic E-state index is -0.428. The van der Waals surface area contributed by atoms with Crippen molar-refractivity contribution in [3.05, 3.63) is 34.9 Å². The quantitative estimate of drug-likeness (QED) is 0.746. The van der Waals surface area contributed by atoms with Crippen LogP contribution in [0.2, 0.25) is 5.02 Å². The number of hydrogen-bond donors (Lipinski definition) is 2. The number of nitrogens with zero attached hydrogens (tertiary/aromatic N) is 2. The molecule has 8 heteroatoms. The Morgan fingerprint density at radius 1 is 1.07 bits per heavy atom. The maximum Gasteiger partial charge on any atom is 0.321 e. The van der Waals surface area contributed by atoms with E-state index in [-0.39, 0.29) is 24.3 Å². The Labute approximate surface area is 183 Å². The summed E-state index contributed by atoms with van der Waals surface area (Å²) in [6, 6.07) is 6.69. The van der Waals surface area contributed by atoms with Gasteiger partial charge in [0.25, 0.3) is 0 Å². The maximum absolute atomic E-state index is 12.6. The van der Waals surface area contributed by atoms with Gasteiger partial charge < -0.3 is 10.2 Å². The third kappa shape index (κ3) is 6.19. The standard InChI is InChI=1S/C22H31ClN4O3/c1-16(21(29)25-22(30)24-18-8-3-2-4-9-18)26-11-13-27(14-12-26)20(28)15-17-7-5-6-10-19(17)23/h5-7,10,16,18H,2-4,8-9,11-15H2,1H3,(H2,24,25,29,30). The van der Waals surface area contributed by atoms with Crippen molar-refractivity contribution in [1.82, 2.24) is 20.4 Å². The summed E-state index contributed by atoms with van der Waals surface area (Å²) in [7, 11) is 0. The van der Waals surface area contributed by atoms with E-state index in [1.807, 2.05) is 23.1 Å². The van der Waals surface area contributed by atoms with Gasteiger partial charge in [-0.15, -0.1) is 0 Å². The summed E-state index contributed by atoms with van der Waals surface area (Å²) >= 11 is 6.15. The van der Waals surface area contributed by atoms with Gasteiger partial charge >= 0.3 is 6.03 Å². The molecule has 0 bridgehead atoms. The number of benzene rings is 1. The number of carbonyl (C=O) groups excluding carboxylic acids is 3. The molecule has 0 radical (unpaired) electrons. The number of hydrogen-bond acceptors (Lipinski definition) is 4. The second-order valence-electron chi connectivity index (χ2n) is 8.16. The molecule has 30 heavy (non-hydrogen) atoms. The molecule has 1 aliphatic carbocycles. The average molecular weight is 435 g/mol. The Hall–Kier alpha value is -2.12. The van der Waals surface area contributed by atoms with Crippen LogP contribution >= 0.6 is 11.6 Å². The van der Waals surface area contributed by atoms with Crippen LogP contribution in [0, 0.1) is 0 Å². The van der Waals surface area contributed by atoms with Crippen molar-refractivity contribution >= 4 is 29.4 Å². The number of rotatable bonds is 5. The zero-order valence-corrected chi connectivity index (χ0v) is 18.3. The van der Waals surface area contributed by atoms with Crippen LogP contribution in [0.25, 0.3) is 0 Å². The van der Waals surface area contributed by atoms with E-state index in [2.05, 4.69) is 10.6 Å². The lowest BCUT2D eigenvalue weighted by Gasteiger charge is -2.37. The van der Waals surface area contributed by atoms with Gasteiger partial charge in [0.15, 0.2) is 0 Å². The van der Waals surface area contributed by atoms with E-state index in [1.54, 1.807) is 17.9 Å². The number of imide groups is 1. The lowest BCUT2D eigenvalue weighted by molar-refractivity contribution is -0.133. The number of nitrogens with one attached hydrogen (secondary N) is 2. The van der Waals surface area contributed by atoms with Crippen LogP contribution in [0.3, 0.4) is 0 Å². The molecule has 1 saturated heterocycles. The average Bonchev–Trinajstić information content (AvgIpc) is 2.75. The molecule has 164 valence electrons. The number of carbonyl (C=O) groups is 3. The van der Waals surface area contributed by atoms with Crippen LogP contribution in [0.1, 0.15) is 44.6 Å². The lowest BCUT2D eigenvalue weighted by Crippen LogP contribution is -2.57. The van der Waals surface area contributed by atoms with Gasteiger partial charge in [0, 0.05) is 37.2 Å². The second-order valence-corrected chi connectivity index (χ2v) is 8.57. The molecular formula is C22H31ClN4O3. The molecule has 1 heterocycles. The lowest BCUT2D eigenvalue weighted by atomic mass is 9.96. The summed E-state index contributed by atoms with van der Waals surface area (Å²) in [4.78, 5) is 41.0. The van der Waals surface area contributed by atoms with Crippen molar-refractivity contribution < 1.29 is 14.4 Å². The van der Waals surface area contributed by atoms with Crippen LogP contribution in [0.4, 0.5) is 4.79 Å². The predicted molar refractivity (Wildman–Crippen MR) is 116 cm³/mol. The fourth-order valence-electron chi connectivity index (χ4n) is 4.13. The number of amides is 4. The van der Waals surface area contributed by atoms with Crippen molar-refractivity contribution in [2.75, 3.05) is 26.2 Å². The molecule has 2 fully saturated rings. The van der Waals surface area contributed by atoms with Gasteiger partial charge in [0.1, 0.15) is 0 Å². The van der Waals surface area contributed by atoms with Crippen LogP contribution in [-0.4, -0.2) is 65.9 Å². The van der Waals surface area contributed by atoms with Crippen molar-refractivity contribution in [2.45, 2.75) is 57.5 Å². The number of urea groups is 1. The van der Waals surface area contributed by atoms with E-state index in [1.165, 1.54) is 6.42 Å². The highest BCUT2D eigenvalue weighted by molar-refractivity contribution is 6.31. The summed E-state index contributed by atoms with van der Waals surface area (Å²) in [5.74, 6) is -0.272. The van der Waals surface area contributed by atoms with Crippen LogP contribution in [0.5, 0.6) is 0 Å². The Morgan fingerprint density at radius 2 is 1.73 bits per heavy atom. The van der Waals surface area contributed by atoms with Crippen LogP contribution < -0.4 is 10.6 Å². The van der Waals surface area contributed by atoms with Gasteiger partial charge in [-0.3, -0.25) is 19.8 Å². The van der Waals surface area contributed by atoms with Crippen molar-refractivity contribution in [2.24, 2.45) is 0 Å². The molecule has 7 nitrogen and oxygen atoms in total. The first-order valence-electron chi connectivity index (χ1n) is 10.8. The molecular weight excluding hydrogens is 404 g/mol. The van der Waals surface area contributed by atoms with E-state index in [9.17, 15) is 14.4 Å². The molecule has 3 rings (SSSR count). The Bertz CT molecular complexity index is 759. The van der Waals surface area contributed by atoms with E-state index in [4.69, 9.17) is 11.6 Å². The summed E-state index contributed by atoms with van der Waals surface area (Å²) in [5, 5.41) is 5.97. The highest BCUT2D eigenvalue weighted by Gasteiger charge is 2.28. The molecule has 1 unspecified atom stereocenters. The number of piperazine rings is 1. The van der Waals surface area contributed by atoms with Crippen LogP contribution in [0.15, 0.2) is 24.3 Å². The Kier molecular flexibility index (Phi) is 8.10. The van der Waals surface area contributed by atoms with Gasteiger partial charge in [0.05, 0.1) is 12.5 Å². The monoisotopic (exact) mass is 434 g/mol. The Balaban J connectivity index is 1.42. The summed E-state index contributed by atoms with van der Waals surface area (Å²) in [6.07, 6.45) is 5.67. The van der Waals surface area contributed by atoms with Crippen molar-refractivity contribution in [3.63, 3.8) is 0 Å². The highest BCUT2D eigenvalue weighted by atomic mass is 35.5. The molecule has 0 aromatic heterocycles. The highest BCUT2D eigenvalue weighted by Crippen LogP contribution is 2.18. The van der Waals surface area contributed by atoms with E-state index < -0.39 is 12.1 Å². The zero-order valence-electron chi connectivity index (χ0n) is 17.5. The van der Waals surface area contributed by atoms with Gasteiger partial charge in [-0.2, -0.15) is 0 Å². The summed E-state index contributed by atoms with van der Waals surface area (Å²) in [5.41, 5.74) is 0.823. The van der Waals surface area contributed by atoms with Gasteiger partial charge in [-0.25, -0.2) is 4.79 Å². The molecule has 2 aliphatic rings. The first-order chi connectivity index (χ1) is 14.4. The van der Waals surface area contributed by atoms with Gasteiger partial charge in [0.2, 0.25) is 11.8 Å². The fraction of sp³-hybridized carbons (Fsp3) is 0.591. The first kappa shape index (κ1) is 22.6. The molecule has 4 amide bonds. The third-order valence-corrected chi connectivity index (χ3v) is 6.44. The molecule has 1 aliphatic heterocycles. The zero-order chi connectivity index (χ0) is 21.5. The largest absolute Gasteiger partial charge is 0.340 e. The van der Waals surface area contributed by atoms with Crippen LogP contribution in [-0.2, 0) is 16.0 Å². The molecule has 2 N–H and O–H groups in total. The first-order valence-corrected chi connectivity index (χ1v) is 11.2. The minimum Gasteiger partial charge on any atom is -0.340 e. The maximum atomic E-state index is 12.6. The van der Waals surface area contributed by atoms with E-state index in [0.717, 1.165) is 31.2 Å². The molecule has 1 aromatic rings. The molecule has 1 saturated carbocycles. The third-order valence-electron chi connectivity index (χ3n) is 6.07. The summed E-state index contributed by atoms with van der Waals surface area (Å²) in [6.45, 7) is 4.08. The minimum absolute atomic E-state index is 0.0340. The van der Waals surface area contributed by atoms with E-state index in [0.29, 0.717) is 31.2 Å². The Morgan fingerprint density at radius 3 is 2.40 bits per heavy atom. The van der Waals surface area contributed by atoms with Crippen molar-refractivity contribution in [3.8, 4) is 0 Å². The molecule has 0 spiro atoms. The number of halogens is 1. The van der Waals surface area contributed by atoms with Crippen molar-refractivity contribution in [1.29, 1.82) is 0 Å². The predicted octanol–water partition coefficient (Wildman–Crippen LogP) is 2.57. The molecule has 1 aromatic carbocycles.